The van der Waals surface area contributed by atoms with Crippen molar-refractivity contribution in [3.8, 4) is 0 Å². The minimum Gasteiger partial charge on any atom is -0.457 e. The molecule has 0 radical (unpaired) electrons. The first-order chi connectivity index (χ1) is 20.3. The van der Waals surface area contributed by atoms with Gasteiger partial charge in [0.05, 0.1) is 14.2 Å². The predicted octanol–water partition coefficient (Wildman–Crippen LogP) is 5.73. The van der Waals surface area contributed by atoms with Crippen molar-refractivity contribution < 1.29 is 28.0 Å². The molecule has 0 aliphatic carbocycles. The monoisotopic (exact) mass is 535 g/mol. The van der Waals surface area contributed by atoms with E-state index in [1.54, 1.807) is 36.7 Å². The molecule has 8 heteroatoms. The van der Waals surface area contributed by atoms with Crippen LogP contribution in [0.5, 0.6) is 0 Å². The van der Waals surface area contributed by atoms with Crippen LogP contribution in [0.2, 0.25) is 0 Å². The molecule has 3 aromatic carbocycles. The summed E-state index contributed by atoms with van der Waals surface area (Å²) < 4.78 is 83.6. The highest BCUT2D eigenvalue weighted by atomic mass is 35.5. The van der Waals surface area contributed by atoms with Gasteiger partial charge in [-0.3, -0.25) is 9.78 Å². The van der Waals surface area contributed by atoms with Crippen LogP contribution in [0.25, 0.3) is 10.8 Å². The average molecular weight is 537 g/mol. The minimum atomic E-state index is -2.90. The fourth-order valence-electron chi connectivity index (χ4n) is 3.32. The number of fused-ring (bicyclic) bond motifs is 1. The number of nitrogens with zero attached hydrogens (tertiary/aromatic N) is 1. The van der Waals surface area contributed by atoms with Gasteiger partial charge in [-0.1, -0.05) is 48.0 Å². The molecule has 0 aliphatic rings. The van der Waals surface area contributed by atoms with Crippen molar-refractivity contribution in [1.82, 2.24) is 4.98 Å². The van der Waals surface area contributed by atoms with Crippen molar-refractivity contribution in [2.45, 2.75) is 26.2 Å². The fourth-order valence-corrected chi connectivity index (χ4v) is 3.32. The molecule has 6 nitrogen and oxygen atoms in total. The normalized spacial score (nSPS) is 16.7. The highest BCUT2D eigenvalue weighted by Crippen LogP contribution is 2.22. The van der Waals surface area contributed by atoms with Gasteiger partial charge in [-0.15, -0.1) is 24.8 Å². The lowest BCUT2D eigenvalue weighted by Crippen LogP contribution is -2.27. The van der Waals surface area contributed by atoms with Crippen LogP contribution in [0.4, 0.5) is 5.69 Å². The van der Waals surface area contributed by atoms with E-state index in [9.17, 15) is 9.59 Å². The molecule has 1 heterocycles. The van der Waals surface area contributed by atoms with Gasteiger partial charge in [0.2, 0.25) is 5.91 Å². The zero-order chi connectivity index (χ0) is 32.7. The minimum absolute atomic E-state index is 0. The summed E-state index contributed by atoms with van der Waals surface area (Å²) in [4.78, 5) is 30.2. The predicted molar refractivity (Wildman–Crippen MR) is 148 cm³/mol. The maximum absolute atomic E-state index is 13.2. The smallest absolute Gasteiger partial charge is 0.338 e. The average Bonchev–Trinajstić information content (AvgIpc) is 2.91. The Hall–Kier alpha value is -3.45. The number of ether oxygens (including phenoxy) is 1. The number of rotatable bonds is 7. The standard InChI is InChI=1S/C28H27N3O3.2ClH/c1-18-3-10-25(19(2)13-18)28(33)34-17-20-4-6-21(7-5-20)26(15-29)27(32)31-24-9-8-23-16-30-12-11-22(23)14-24;;/h3-14,16,26H,15,17,29H2,1-2H3,(H,31,32);2*1H/t26-;;/m1../s1/i1D3,2D3,15D2,17D2;;. The summed E-state index contributed by atoms with van der Waals surface area (Å²) in [5.41, 5.74) is 4.59. The number of hydrogen-bond donors (Lipinski definition) is 2. The van der Waals surface area contributed by atoms with E-state index >= 15 is 0 Å². The molecule has 4 aromatic rings. The van der Waals surface area contributed by atoms with E-state index < -0.39 is 55.7 Å². The molecule has 0 bridgehead atoms. The quantitative estimate of drug-likeness (QED) is 0.294. The molecular formula is C28H29Cl2N3O3. The van der Waals surface area contributed by atoms with Crippen molar-refractivity contribution in [3.05, 3.63) is 107 Å². The number of amides is 1. The summed E-state index contributed by atoms with van der Waals surface area (Å²) in [5, 5.41) is 4.29. The molecular weight excluding hydrogens is 497 g/mol. The highest BCUT2D eigenvalue weighted by Gasteiger charge is 2.19. The van der Waals surface area contributed by atoms with Crippen LogP contribution in [0.15, 0.2) is 79.1 Å². The van der Waals surface area contributed by atoms with Gasteiger partial charge in [-0.05, 0) is 60.0 Å². The second-order valence-electron chi connectivity index (χ2n) is 7.40. The Balaban J connectivity index is 0.00000368. The summed E-state index contributed by atoms with van der Waals surface area (Å²) in [6.45, 7) is -10.9. The number of hydrogen-bond acceptors (Lipinski definition) is 5. The van der Waals surface area contributed by atoms with E-state index in [0.717, 1.165) is 29.0 Å². The molecule has 3 N–H and O–H groups in total. The second-order valence-corrected chi connectivity index (χ2v) is 7.40. The number of aryl methyl sites for hydroxylation is 2. The lowest BCUT2D eigenvalue weighted by atomic mass is 9.97. The van der Waals surface area contributed by atoms with Gasteiger partial charge in [-0.25, -0.2) is 4.79 Å². The van der Waals surface area contributed by atoms with Crippen molar-refractivity contribution in [2.75, 3.05) is 11.8 Å². The summed E-state index contributed by atoms with van der Waals surface area (Å²) in [6, 6.07) is 14.6. The molecule has 4 rings (SSSR count). The summed E-state index contributed by atoms with van der Waals surface area (Å²) in [7, 11) is 0. The van der Waals surface area contributed by atoms with Crippen LogP contribution in [-0.2, 0) is 16.1 Å². The van der Waals surface area contributed by atoms with E-state index in [4.69, 9.17) is 24.2 Å². The van der Waals surface area contributed by atoms with E-state index in [1.807, 2.05) is 0 Å². The largest absolute Gasteiger partial charge is 0.457 e. The molecule has 0 unspecified atom stereocenters. The van der Waals surface area contributed by atoms with Gasteiger partial charge >= 0.3 is 5.97 Å². The maximum Gasteiger partial charge on any atom is 0.338 e. The highest BCUT2D eigenvalue weighted by molar-refractivity contribution is 5.98. The number of carbonyl (C=O) groups is 2. The van der Waals surface area contributed by atoms with Crippen molar-refractivity contribution in [1.29, 1.82) is 0 Å². The van der Waals surface area contributed by atoms with Crippen LogP contribution in [0.1, 0.15) is 52.2 Å². The van der Waals surface area contributed by atoms with Crippen LogP contribution in [0.3, 0.4) is 0 Å². The molecule has 0 saturated heterocycles. The SMILES string of the molecule is Cl.Cl.[2H]C([2H])([2H])c1ccc(C(=O)OC([2H])([2H])c2ccc([C@H](C(=O)Nc3ccc4cnccc4c3)C([2H])([2H])N)cc2)c(C([2H])([2H])[2H])c1. The van der Waals surface area contributed by atoms with Gasteiger partial charge in [0.1, 0.15) is 6.56 Å². The van der Waals surface area contributed by atoms with E-state index in [2.05, 4.69) is 10.3 Å². The number of nitrogens with one attached hydrogen (secondary N) is 1. The first-order valence-electron chi connectivity index (χ1n) is 15.2. The maximum atomic E-state index is 13.2. The number of halogens is 2. The number of esters is 1. The van der Waals surface area contributed by atoms with E-state index in [0.29, 0.717) is 5.69 Å². The van der Waals surface area contributed by atoms with Gasteiger partial charge in [0.15, 0.2) is 0 Å². The second kappa shape index (κ2) is 13.0. The fraction of sp³-hybridized carbons (Fsp3) is 0.179. The summed E-state index contributed by atoms with van der Waals surface area (Å²) in [6.07, 6.45) is 3.25. The van der Waals surface area contributed by atoms with Crippen molar-refractivity contribution >= 4 is 53.2 Å². The molecule has 0 spiro atoms. The number of pyridine rings is 1. The Kier molecular flexibility index (Phi) is 6.18. The zero-order valence-corrected chi connectivity index (χ0v) is 20.3. The van der Waals surface area contributed by atoms with E-state index in [1.165, 1.54) is 24.3 Å². The van der Waals surface area contributed by atoms with Gasteiger partial charge in [-0.2, -0.15) is 0 Å². The van der Waals surface area contributed by atoms with Crippen LogP contribution in [0, 0.1) is 13.7 Å². The van der Waals surface area contributed by atoms with Gasteiger partial charge in [0, 0.05) is 40.9 Å². The number of anilines is 1. The zero-order valence-electron chi connectivity index (χ0n) is 28.6. The summed E-state index contributed by atoms with van der Waals surface area (Å²) >= 11 is 0. The van der Waals surface area contributed by atoms with Crippen molar-refractivity contribution in [3.63, 3.8) is 0 Å². The summed E-state index contributed by atoms with van der Waals surface area (Å²) in [5.74, 6) is -3.62. The number of carbonyl (C=O) groups excluding carboxylic acids is 2. The third-order valence-corrected chi connectivity index (χ3v) is 5.08. The first kappa shape index (κ1) is 17.1. The Morgan fingerprint density at radius 2 is 1.83 bits per heavy atom. The van der Waals surface area contributed by atoms with Crippen LogP contribution >= 0.6 is 24.8 Å². The van der Waals surface area contributed by atoms with Gasteiger partial charge < -0.3 is 15.8 Å². The van der Waals surface area contributed by atoms with Crippen molar-refractivity contribution in [2.24, 2.45) is 5.73 Å². The molecule has 1 atom stereocenters. The first-order valence-corrected chi connectivity index (χ1v) is 10.2. The number of benzene rings is 3. The molecule has 0 aliphatic heterocycles. The molecule has 1 aromatic heterocycles. The molecule has 188 valence electrons. The molecule has 36 heavy (non-hydrogen) atoms. The third kappa shape index (κ3) is 6.82. The Morgan fingerprint density at radius 1 is 1.03 bits per heavy atom. The topological polar surface area (TPSA) is 94.3 Å². The molecule has 0 saturated carbocycles. The molecule has 0 fully saturated rings. The third-order valence-electron chi connectivity index (χ3n) is 5.08. The lowest BCUT2D eigenvalue weighted by Gasteiger charge is -2.16. The number of nitrogens with two attached hydrogens (primary N) is 1. The van der Waals surface area contributed by atoms with Gasteiger partial charge in [0.25, 0.3) is 0 Å². The number of aromatic nitrogens is 1. The van der Waals surface area contributed by atoms with Crippen LogP contribution in [-0.4, -0.2) is 23.4 Å². The molecule has 1 amide bonds. The Bertz CT molecular complexity index is 1710. The van der Waals surface area contributed by atoms with E-state index in [-0.39, 0.29) is 41.5 Å². The Labute approximate surface area is 237 Å². The Morgan fingerprint density at radius 3 is 2.56 bits per heavy atom. The van der Waals surface area contributed by atoms with Crippen LogP contribution < -0.4 is 11.1 Å². The lowest BCUT2D eigenvalue weighted by molar-refractivity contribution is -0.117.